The molecular formula is C24H34O8. The normalized spacial score (nSPS) is 10.4. The maximum absolute atomic E-state index is 5.67. The monoisotopic (exact) mass is 450 g/mol. The van der Waals surface area contributed by atoms with Gasteiger partial charge in [-0.15, -0.1) is 12.8 Å². The molecular weight excluding hydrogens is 416 g/mol. The van der Waals surface area contributed by atoms with Crippen LogP contribution in [0.1, 0.15) is 0 Å². The van der Waals surface area contributed by atoms with E-state index in [0.717, 1.165) is 11.5 Å². The molecule has 1 rings (SSSR count). The molecule has 0 radical (unpaired) electrons. The quantitative estimate of drug-likeness (QED) is 0.196. The van der Waals surface area contributed by atoms with Gasteiger partial charge >= 0.3 is 0 Å². The molecule has 0 heterocycles. The standard InChI is InChI=1S/C24H34O8/c1-3-8-25-10-12-27-14-16-29-18-20-31-23-6-5-7-24(22-23)32-21-19-30-17-15-28-13-11-26-9-4-2/h1-2,5-7,22H,8-21H2. The van der Waals surface area contributed by atoms with Crippen molar-refractivity contribution in [2.45, 2.75) is 0 Å². The van der Waals surface area contributed by atoms with Gasteiger partial charge in [0.2, 0.25) is 0 Å². The van der Waals surface area contributed by atoms with Crippen LogP contribution in [0.2, 0.25) is 0 Å². The first kappa shape index (κ1) is 27.7. The summed E-state index contributed by atoms with van der Waals surface area (Å²) in [6, 6.07) is 7.44. The van der Waals surface area contributed by atoms with E-state index in [-0.39, 0.29) is 0 Å². The predicted octanol–water partition coefficient (Wildman–Crippen LogP) is 1.81. The topological polar surface area (TPSA) is 73.8 Å². The van der Waals surface area contributed by atoms with E-state index in [2.05, 4.69) is 11.8 Å². The molecule has 0 fully saturated rings. The van der Waals surface area contributed by atoms with Crippen LogP contribution in [0.25, 0.3) is 0 Å². The van der Waals surface area contributed by atoms with Gasteiger partial charge in [0.1, 0.15) is 37.9 Å². The maximum atomic E-state index is 5.67. The zero-order valence-corrected chi connectivity index (χ0v) is 18.6. The molecule has 0 atom stereocenters. The first-order valence-electron chi connectivity index (χ1n) is 10.6. The molecule has 0 unspecified atom stereocenters. The van der Waals surface area contributed by atoms with Crippen LogP contribution in [0.4, 0.5) is 0 Å². The Hall–Kier alpha value is -2.30. The summed E-state index contributed by atoms with van der Waals surface area (Å²) in [5.74, 6) is 6.23. The van der Waals surface area contributed by atoms with Gasteiger partial charge in [-0.2, -0.15) is 0 Å². The molecule has 1 aromatic rings. The van der Waals surface area contributed by atoms with Crippen LogP contribution in [0.15, 0.2) is 24.3 Å². The van der Waals surface area contributed by atoms with Crippen molar-refractivity contribution in [3.63, 3.8) is 0 Å². The summed E-state index contributed by atoms with van der Waals surface area (Å²) >= 11 is 0. The molecule has 0 N–H and O–H groups in total. The molecule has 0 aromatic heterocycles. The number of ether oxygens (including phenoxy) is 8. The number of terminal acetylenes is 2. The summed E-state index contributed by atoms with van der Waals surface area (Å²) in [6.45, 7) is 6.35. The average Bonchev–Trinajstić information content (AvgIpc) is 2.81. The van der Waals surface area contributed by atoms with Gasteiger partial charge in [0, 0.05) is 6.07 Å². The molecule has 0 saturated carbocycles. The molecule has 0 amide bonds. The minimum Gasteiger partial charge on any atom is -0.491 e. The Morgan fingerprint density at radius 2 is 0.844 bits per heavy atom. The van der Waals surface area contributed by atoms with Gasteiger partial charge in [0.25, 0.3) is 0 Å². The molecule has 0 spiro atoms. The number of rotatable bonds is 22. The molecule has 0 bridgehead atoms. The van der Waals surface area contributed by atoms with E-state index in [9.17, 15) is 0 Å². The lowest BCUT2D eigenvalue weighted by molar-refractivity contribution is 0.0137. The van der Waals surface area contributed by atoms with Crippen LogP contribution >= 0.6 is 0 Å². The highest BCUT2D eigenvalue weighted by Gasteiger charge is 1.99. The first-order valence-corrected chi connectivity index (χ1v) is 10.6. The third-order valence-corrected chi connectivity index (χ3v) is 3.66. The number of hydrogen-bond donors (Lipinski definition) is 0. The van der Waals surface area contributed by atoms with Gasteiger partial charge in [-0.3, -0.25) is 0 Å². The Morgan fingerprint density at radius 3 is 1.22 bits per heavy atom. The average molecular weight is 451 g/mol. The van der Waals surface area contributed by atoms with Crippen LogP contribution in [0.3, 0.4) is 0 Å². The van der Waals surface area contributed by atoms with Crippen LogP contribution in [0.5, 0.6) is 11.5 Å². The van der Waals surface area contributed by atoms with Crippen LogP contribution in [0, 0.1) is 24.7 Å². The SMILES string of the molecule is C#CCOCCOCCOCCOc1cccc(OCCOCCOCCOCC#C)c1. The van der Waals surface area contributed by atoms with Gasteiger partial charge < -0.3 is 37.9 Å². The fourth-order valence-corrected chi connectivity index (χ4v) is 2.23. The largest absolute Gasteiger partial charge is 0.491 e. The van der Waals surface area contributed by atoms with Crippen molar-refractivity contribution in [1.82, 2.24) is 0 Å². The van der Waals surface area contributed by atoms with E-state index >= 15 is 0 Å². The van der Waals surface area contributed by atoms with E-state index in [1.54, 1.807) is 0 Å². The zero-order valence-electron chi connectivity index (χ0n) is 18.6. The lowest BCUT2D eigenvalue weighted by atomic mass is 10.3. The Kier molecular flexibility index (Phi) is 19.0. The van der Waals surface area contributed by atoms with E-state index in [0.29, 0.717) is 92.5 Å². The molecule has 0 aliphatic rings. The van der Waals surface area contributed by atoms with Crippen molar-refractivity contribution in [3.05, 3.63) is 24.3 Å². The smallest absolute Gasteiger partial charge is 0.123 e. The lowest BCUT2D eigenvalue weighted by Gasteiger charge is -2.10. The minimum atomic E-state index is 0.304. The fraction of sp³-hybridized carbons (Fsp3) is 0.583. The Morgan fingerprint density at radius 1 is 0.500 bits per heavy atom. The molecule has 8 nitrogen and oxygen atoms in total. The molecule has 0 aliphatic carbocycles. The molecule has 0 saturated heterocycles. The molecule has 32 heavy (non-hydrogen) atoms. The van der Waals surface area contributed by atoms with Crippen LogP contribution in [-0.2, 0) is 28.4 Å². The van der Waals surface area contributed by atoms with Gasteiger partial charge in [0.05, 0.1) is 66.1 Å². The Labute approximate surface area is 191 Å². The van der Waals surface area contributed by atoms with Crippen molar-refractivity contribution in [3.8, 4) is 36.2 Å². The summed E-state index contributed by atoms with van der Waals surface area (Å²) in [5, 5.41) is 0. The van der Waals surface area contributed by atoms with E-state index in [4.69, 9.17) is 50.7 Å². The first-order chi connectivity index (χ1) is 15.9. The summed E-state index contributed by atoms with van der Waals surface area (Å²) in [6.07, 6.45) is 10.2. The van der Waals surface area contributed by atoms with E-state index in [1.807, 2.05) is 24.3 Å². The van der Waals surface area contributed by atoms with E-state index in [1.165, 1.54) is 0 Å². The Bertz CT molecular complexity index is 586. The van der Waals surface area contributed by atoms with Gasteiger partial charge in [0.15, 0.2) is 0 Å². The van der Waals surface area contributed by atoms with Crippen molar-refractivity contribution in [2.75, 3.05) is 92.5 Å². The summed E-state index contributed by atoms with van der Waals surface area (Å²) in [7, 11) is 0. The van der Waals surface area contributed by atoms with Gasteiger partial charge in [-0.05, 0) is 12.1 Å². The van der Waals surface area contributed by atoms with Gasteiger partial charge in [-0.1, -0.05) is 17.9 Å². The molecule has 0 aliphatic heterocycles. The van der Waals surface area contributed by atoms with Crippen LogP contribution in [-0.4, -0.2) is 92.5 Å². The predicted molar refractivity (Wildman–Crippen MR) is 120 cm³/mol. The fourth-order valence-electron chi connectivity index (χ4n) is 2.23. The summed E-state index contributed by atoms with van der Waals surface area (Å²) in [5.41, 5.74) is 0. The second kappa shape index (κ2) is 21.9. The molecule has 178 valence electrons. The second-order valence-corrected chi connectivity index (χ2v) is 6.13. The van der Waals surface area contributed by atoms with Crippen molar-refractivity contribution in [2.24, 2.45) is 0 Å². The second-order valence-electron chi connectivity index (χ2n) is 6.13. The van der Waals surface area contributed by atoms with Crippen molar-refractivity contribution < 1.29 is 37.9 Å². The number of hydrogen-bond acceptors (Lipinski definition) is 8. The van der Waals surface area contributed by atoms with Crippen molar-refractivity contribution in [1.29, 1.82) is 0 Å². The van der Waals surface area contributed by atoms with E-state index < -0.39 is 0 Å². The lowest BCUT2D eigenvalue weighted by Crippen LogP contribution is -2.13. The molecule has 1 aromatic carbocycles. The highest BCUT2D eigenvalue weighted by atomic mass is 16.6. The summed E-state index contributed by atoms with van der Waals surface area (Å²) in [4.78, 5) is 0. The highest BCUT2D eigenvalue weighted by Crippen LogP contribution is 2.19. The third-order valence-electron chi connectivity index (χ3n) is 3.66. The highest BCUT2D eigenvalue weighted by molar-refractivity contribution is 5.32. The molecule has 8 heteroatoms. The third kappa shape index (κ3) is 17.4. The maximum Gasteiger partial charge on any atom is 0.123 e. The van der Waals surface area contributed by atoms with Crippen molar-refractivity contribution >= 4 is 0 Å². The number of benzene rings is 1. The van der Waals surface area contributed by atoms with Crippen LogP contribution < -0.4 is 9.47 Å². The minimum absolute atomic E-state index is 0.304. The zero-order chi connectivity index (χ0) is 23.0. The van der Waals surface area contributed by atoms with Gasteiger partial charge in [-0.25, -0.2) is 0 Å². The Balaban J connectivity index is 1.95. The summed E-state index contributed by atoms with van der Waals surface area (Å²) < 4.78 is 43.2.